The van der Waals surface area contributed by atoms with Gasteiger partial charge in [0.15, 0.2) is 0 Å². The van der Waals surface area contributed by atoms with Crippen LogP contribution in [0.25, 0.3) is 0 Å². The molecule has 0 saturated heterocycles. The van der Waals surface area contributed by atoms with Crippen molar-refractivity contribution in [3.8, 4) is 0 Å². The van der Waals surface area contributed by atoms with Gasteiger partial charge >= 0.3 is 6.03 Å². The number of aryl methyl sites for hydroxylation is 1. The van der Waals surface area contributed by atoms with E-state index in [0.29, 0.717) is 0 Å². The molecule has 1 aromatic heterocycles. The Bertz CT molecular complexity index is 580. The Hall–Kier alpha value is -2.02. The van der Waals surface area contributed by atoms with E-state index < -0.39 is 17.7 Å². The van der Waals surface area contributed by atoms with Gasteiger partial charge in [0.25, 0.3) is 0 Å². The number of carbonyl (C=O) groups is 1. The van der Waals surface area contributed by atoms with Crippen molar-refractivity contribution in [2.45, 2.75) is 13.5 Å². The van der Waals surface area contributed by atoms with Crippen molar-refractivity contribution in [3.63, 3.8) is 0 Å². The van der Waals surface area contributed by atoms with Crippen molar-refractivity contribution in [2.75, 3.05) is 5.32 Å². The highest BCUT2D eigenvalue weighted by atomic mass is 32.1. The maximum Gasteiger partial charge on any atom is 0.319 e. The first-order chi connectivity index (χ1) is 9.02. The van der Waals surface area contributed by atoms with Crippen molar-refractivity contribution in [1.82, 2.24) is 10.3 Å². The fourth-order valence-corrected chi connectivity index (χ4v) is 2.15. The number of benzene rings is 1. The Balaban J connectivity index is 1.90. The Morgan fingerprint density at radius 3 is 2.58 bits per heavy atom. The zero-order valence-electron chi connectivity index (χ0n) is 10.0. The van der Waals surface area contributed by atoms with Crippen LogP contribution in [-0.2, 0) is 6.54 Å². The van der Waals surface area contributed by atoms with Gasteiger partial charge in [-0.3, -0.25) is 0 Å². The maximum absolute atomic E-state index is 12.9. The third kappa shape index (κ3) is 3.99. The fraction of sp³-hybridized carbons (Fsp3) is 0.167. The SMILES string of the molecule is Cc1csc(CNC(=O)Nc2cc(F)cc(F)c2)n1. The molecule has 7 heteroatoms. The number of carbonyl (C=O) groups excluding carboxylic acids is 1. The summed E-state index contributed by atoms with van der Waals surface area (Å²) in [5, 5.41) is 7.53. The number of amides is 2. The number of halogens is 2. The van der Waals surface area contributed by atoms with Gasteiger partial charge in [0.05, 0.1) is 6.54 Å². The number of rotatable bonds is 3. The molecule has 0 aliphatic carbocycles. The van der Waals surface area contributed by atoms with E-state index >= 15 is 0 Å². The maximum atomic E-state index is 12.9. The van der Waals surface area contributed by atoms with Gasteiger partial charge in [0.2, 0.25) is 0 Å². The quantitative estimate of drug-likeness (QED) is 0.909. The number of thiazole rings is 1. The van der Waals surface area contributed by atoms with Crippen LogP contribution in [0.3, 0.4) is 0 Å². The number of hydrogen-bond donors (Lipinski definition) is 2. The van der Waals surface area contributed by atoms with Crippen LogP contribution in [0.4, 0.5) is 19.3 Å². The van der Waals surface area contributed by atoms with Crippen LogP contribution >= 0.6 is 11.3 Å². The van der Waals surface area contributed by atoms with Gasteiger partial charge in [-0.15, -0.1) is 11.3 Å². The average molecular weight is 283 g/mol. The molecule has 0 aliphatic rings. The van der Waals surface area contributed by atoms with Crippen molar-refractivity contribution in [2.24, 2.45) is 0 Å². The monoisotopic (exact) mass is 283 g/mol. The molecule has 0 bridgehead atoms. The summed E-state index contributed by atoms with van der Waals surface area (Å²) in [7, 11) is 0. The minimum absolute atomic E-state index is 0.0605. The molecule has 2 N–H and O–H groups in total. The Kier molecular flexibility index (Phi) is 4.06. The largest absolute Gasteiger partial charge is 0.331 e. The smallest absolute Gasteiger partial charge is 0.319 e. The lowest BCUT2D eigenvalue weighted by molar-refractivity contribution is 0.251. The van der Waals surface area contributed by atoms with Crippen LogP contribution in [0.1, 0.15) is 10.7 Å². The van der Waals surface area contributed by atoms with Gasteiger partial charge in [-0.25, -0.2) is 18.6 Å². The molecule has 2 aromatic rings. The predicted molar refractivity (Wildman–Crippen MR) is 69.1 cm³/mol. The van der Waals surface area contributed by atoms with E-state index in [1.165, 1.54) is 11.3 Å². The highest BCUT2D eigenvalue weighted by molar-refractivity contribution is 7.09. The number of hydrogen-bond acceptors (Lipinski definition) is 3. The first-order valence-corrected chi connectivity index (χ1v) is 6.33. The van der Waals surface area contributed by atoms with Crippen LogP contribution in [0.2, 0.25) is 0 Å². The predicted octanol–water partition coefficient (Wildman–Crippen LogP) is 3.05. The minimum Gasteiger partial charge on any atom is -0.331 e. The summed E-state index contributed by atoms with van der Waals surface area (Å²) in [6, 6.07) is 2.27. The third-order valence-corrected chi connectivity index (χ3v) is 3.15. The Morgan fingerprint density at radius 1 is 1.32 bits per heavy atom. The highest BCUT2D eigenvalue weighted by Gasteiger charge is 2.06. The highest BCUT2D eigenvalue weighted by Crippen LogP contribution is 2.13. The number of nitrogens with one attached hydrogen (secondary N) is 2. The molecule has 0 saturated carbocycles. The molecule has 2 amide bonds. The molecule has 0 fully saturated rings. The van der Waals surface area contributed by atoms with Crippen LogP contribution < -0.4 is 10.6 Å². The lowest BCUT2D eigenvalue weighted by Gasteiger charge is -2.06. The summed E-state index contributed by atoms with van der Waals surface area (Å²) in [5.41, 5.74) is 0.944. The molecule has 100 valence electrons. The summed E-state index contributed by atoms with van der Waals surface area (Å²) in [5.74, 6) is -1.49. The van der Waals surface area contributed by atoms with E-state index in [-0.39, 0.29) is 12.2 Å². The summed E-state index contributed by atoms with van der Waals surface area (Å²) in [6.45, 7) is 2.12. The van der Waals surface area contributed by atoms with E-state index in [1.807, 2.05) is 12.3 Å². The summed E-state index contributed by atoms with van der Waals surface area (Å²) in [6.07, 6.45) is 0. The second-order valence-electron chi connectivity index (χ2n) is 3.85. The van der Waals surface area contributed by atoms with Crippen molar-refractivity contribution < 1.29 is 13.6 Å². The van der Waals surface area contributed by atoms with Gasteiger partial charge < -0.3 is 10.6 Å². The van der Waals surface area contributed by atoms with Crippen molar-refractivity contribution in [3.05, 3.63) is 45.9 Å². The second-order valence-corrected chi connectivity index (χ2v) is 4.79. The first-order valence-electron chi connectivity index (χ1n) is 5.45. The van der Waals surface area contributed by atoms with Crippen LogP contribution in [0.15, 0.2) is 23.6 Å². The molecule has 0 unspecified atom stereocenters. The van der Waals surface area contributed by atoms with Gasteiger partial charge in [0.1, 0.15) is 16.6 Å². The van der Waals surface area contributed by atoms with Gasteiger partial charge in [0, 0.05) is 22.8 Å². The summed E-state index contributed by atoms with van der Waals surface area (Å²) < 4.78 is 25.8. The molecule has 0 radical (unpaired) electrons. The van der Waals surface area contributed by atoms with Crippen molar-refractivity contribution >= 4 is 23.1 Å². The van der Waals surface area contributed by atoms with Gasteiger partial charge in [-0.1, -0.05) is 0 Å². The Morgan fingerprint density at radius 2 is 2.00 bits per heavy atom. The topological polar surface area (TPSA) is 54.0 Å². The molecule has 4 nitrogen and oxygen atoms in total. The second kappa shape index (κ2) is 5.75. The van der Waals surface area contributed by atoms with E-state index in [2.05, 4.69) is 15.6 Å². The average Bonchev–Trinajstić information content (AvgIpc) is 2.71. The normalized spacial score (nSPS) is 10.3. The molecule has 2 rings (SSSR count). The van der Waals surface area contributed by atoms with E-state index in [4.69, 9.17) is 0 Å². The molecule has 1 aromatic carbocycles. The zero-order valence-corrected chi connectivity index (χ0v) is 10.9. The number of urea groups is 1. The summed E-state index contributed by atoms with van der Waals surface area (Å²) in [4.78, 5) is 15.7. The third-order valence-electron chi connectivity index (χ3n) is 2.19. The Labute approximate surface area is 112 Å². The lowest BCUT2D eigenvalue weighted by atomic mass is 10.3. The standard InChI is InChI=1S/C12H11F2N3OS/c1-7-6-19-11(16-7)5-15-12(18)17-10-3-8(13)2-9(14)4-10/h2-4,6H,5H2,1H3,(H2,15,17,18). The van der Waals surface area contributed by atoms with Gasteiger partial charge in [-0.2, -0.15) is 0 Å². The molecule has 0 spiro atoms. The molecule has 1 heterocycles. The van der Waals surface area contributed by atoms with Crippen molar-refractivity contribution in [1.29, 1.82) is 0 Å². The number of nitrogens with zero attached hydrogens (tertiary/aromatic N) is 1. The zero-order chi connectivity index (χ0) is 13.8. The van der Waals surface area contributed by atoms with Crippen LogP contribution in [0.5, 0.6) is 0 Å². The van der Waals surface area contributed by atoms with E-state index in [1.54, 1.807) is 0 Å². The lowest BCUT2D eigenvalue weighted by Crippen LogP contribution is -2.28. The van der Waals surface area contributed by atoms with Crippen LogP contribution in [-0.4, -0.2) is 11.0 Å². The minimum atomic E-state index is -0.745. The van der Waals surface area contributed by atoms with E-state index in [9.17, 15) is 13.6 Å². The van der Waals surface area contributed by atoms with Gasteiger partial charge in [-0.05, 0) is 19.1 Å². The molecule has 0 aliphatic heterocycles. The molecular formula is C12H11F2N3OS. The molecule has 0 atom stereocenters. The summed E-state index contributed by atoms with van der Waals surface area (Å²) >= 11 is 1.43. The molecular weight excluding hydrogens is 272 g/mol. The molecule has 19 heavy (non-hydrogen) atoms. The number of anilines is 1. The first kappa shape index (κ1) is 13.4. The van der Waals surface area contributed by atoms with Crippen LogP contribution in [0, 0.1) is 18.6 Å². The van der Waals surface area contributed by atoms with E-state index in [0.717, 1.165) is 28.9 Å². The number of aromatic nitrogens is 1. The fourth-order valence-electron chi connectivity index (χ4n) is 1.44.